The molecule has 2 atom stereocenters. The summed E-state index contributed by atoms with van der Waals surface area (Å²) in [6, 6.07) is 1.39. The van der Waals surface area contributed by atoms with E-state index in [1.165, 1.54) is 51.5 Å². The molecule has 2 rings (SSSR count). The van der Waals surface area contributed by atoms with Crippen LogP contribution in [0.5, 0.6) is 0 Å². The van der Waals surface area contributed by atoms with Gasteiger partial charge < -0.3 is 10.2 Å². The maximum absolute atomic E-state index is 3.61. The van der Waals surface area contributed by atoms with Crippen molar-refractivity contribution in [3.63, 3.8) is 0 Å². The van der Waals surface area contributed by atoms with Crippen LogP contribution in [0.15, 0.2) is 0 Å². The van der Waals surface area contributed by atoms with Crippen molar-refractivity contribution in [3.8, 4) is 0 Å². The molecule has 0 bridgehead atoms. The molecule has 106 valence electrons. The number of hydrogen-bond acceptors (Lipinski definition) is 2. The van der Waals surface area contributed by atoms with E-state index in [1.54, 1.807) is 0 Å². The predicted octanol–water partition coefficient (Wildman–Crippen LogP) is 3.28. The summed E-state index contributed by atoms with van der Waals surface area (Å²) in [6.07, 6.45) is 9.98. The van der Waals surface area contributed by atoms with Crippen LogP contribution in [0, 0.1) is 11.3 Å². The monoisotopic (exact) mass is 252 g/mol. The number of likely N-dealkylation sites (N-methyl/N-ethyl adjacent to an activating group) is 2. The average Bonchev–Trinajstić information content (AvgIpc) is 2.80. The molecule has 0 heterocycles. The molecule has 1 N–H and O–H groups in total. The highest BCUT2D eigenvalue weighted by atomic mass is 15.2. The van der Waals surface area contributed by atoms with Crippen LogP contribution >= 0.6 is 0 Å². The molecule has 0 aromatic heterocycles. The molecule has 0 aromatic rings. The van der Waals surface area contributed by atoms with E-state index < -0.39 is 0 Å². The number of nitrogens with zero attached hydrogens (tertiary/aromatic N) is 1. The zero-order chi connectivity index (χ0) is 13.2. The Labute approximate surface area is 114 Å². The molecule has 2 aliphatic carbocycles. The molecule has 2 unspecified atom stereocenters. The van der Waals surface area contributed by atoms with Gasteiger partial charge in [0, 0.05) is 18.6 Å². The van der Waals surface area contributed by atoms with E-state index in [1.807, 2.05) is 0 Å². The Morgan fingerprint density at radius 2 is 1.78 bits per heavy atom. The van der Waals surface area contributed by atoms with Crippen LogP contribution in [0.4, 0.5) is 0 Å². The van der Waals surface area contributed by atoms with Gasteiger partial charge in [-0.15, -0.1) is 0 Å². The van der Waals surface area contributed by atoms with Crippen molar-refractivity contribution in [3.05, 3.63) is 0 Å². The topological polar surface area (TPSA) is 15.3 Å². The summed E-state index contributed by atoms with van der Waals surface area (Å²) in [5, 5.41) is 3.61. The summed E-state index contributed by atoms with van der Waals surface area (Å²) in [5.74, 6) is 0.970. The van der Waals surface area contributed by atoms with Gasteiger partial charge >= 0.3 is 0 Å². The van der Waals surface area contributed by atoms with E-state index in [4.69, 9.17) is 0 Å². The van der Waals surface area contributed by atoms with Crippen LogP contribution in [-0.2, 0) is 0 Å². The van der Waals surface area contributed by atoms with E-state index in [2.05, 4.69) is 38.2 Å². The maximum atomic E-state index is 3.61. The number of nitrogens with one attached hydrogen (secondary N) is 1. The van der Waals surface area contributed by atoms with Crippen molar-refractivity contribution in [1.82, 2.24) is 10.2 Å². The third-order valence-corrected chi connectivity index (χ3v) is 5.45. The van der Waals surface area contributed by atoms with Gasteiger partial charge in [0.25, 0.3) is 0 Å². The zero-order valence-corrected chi connectivity index (χ0v) is 12.8. The lowest BCUT2D eigenvalue weighted by molar-refractivity contribution is 0.0590. The number of hydrogen-bond donors (Lipinski definition) is 1. The fraction of sp³-hybridized carbons (Fsp3) is 1.00. The summed E-state index contributed by atoms with van der Waals surface area (Å²) in [7, 11) is 4.50. The minimum atomic E-state index is 0.446. The van der Waals surface area contributed by atoms with Crippen molar-refractivity contribution in [2.24, 2.45) is 11.3 Å². The molecule has 18 heavy (non-hydrogen) atoms. The molecule has 0 aliphatic heterocycles. The van der Waals surface area contributed by atoms with Gasteiger partial charge in [-0.25, -0.2) is 0 Å². The van der Waals surface area contributed by atoms with Crippen LogP contribution < -0.4 is 5.32 Å². The van der Waals surface area contributed by atoms with Crippen molar-refractivity contribution in [1.29, 1.82) is 0 Å². The summed E-state index contributed by atoms with van der Waals surface area (Å²) < 4.78 is 0. The molecule has 0 saturated heterocycles. The van der Waals surface area contributed by atoms with E-state index in [0.29, 0.717) is 11.5 Å². The van der Waals surface area contributed by atoms with Gasteiger partial charge in [-0.1, -0.05) is 33.1 Å². The van der Waals surface area contributed by atoms with E-state index in [0.717, 1.165) is 12.0 Å². The predicted molar refractivity (Wildman–Crippen MR) is 78.9 cm³/mol. The van der Waals surface area contributed by atoms with Gasteiger partial charge in [-0.3, -0.25) is 0 Å². The van der Waals surface area contributed by atoms with E-state index in [9.17, 15) is 0 Å². The zero-order valence-electron chi connectivity index (χ0n) is 12.8. The fourth-order valence-corrected chi connectivity index (χ4v) is 4.40. The first kappa shape index (κ1) is 14.3. The molecule has 2 saturated carbocycles. The number of rotatable bonds is 4. The highest BCUT2D eigenvalue weighted by molar-refractivity contribution is 4.97. The smallest absolute Gasteiger partial charge is 0.0271 e. The Hall–Kier alpha value is -0.0800. The normalized spacial score (nSPS) is 33.2. The van der Waals surface area contributed by atoms with Gasteiger partial charge in [0.1, 0.15) is 0 Å². The molecule has 0 radical (unpaired) electrons. The largest absolute Gasteiger partial charge is 0.315 e. The van der Waals surface area contributed by atoms with Crippen LogP contribution in [0.2, 0.25) is 0 Å². The van der Waals surface area contributed by atoms with Crippen LogP contribution in [0.1, 0.15) is 58.8 Å². The lowest BCUT2D eigenvalue weighted by atomic mass is 9.70. The van der Waals surface area contributed by atoms with Crippen LogP contribution in [-0.4, -0.2) is 37.6 Å². The Bertz CT molecular complexity index is 256. The van der Waals surface area contributed by atoms with Crippen molar-refractivity contribution >= 4 is 0 Å². The maximum Gasteiger partial charge on any atom is 0.0271 e. The molecule has 0 amide bonds. The fourth-order valence-electron chi connectivity index (χ4n) is 4.40. The first-order valence-electron chi connectivity index (χ1n) is 7.92. The van der Waals surface area contributed by atoms with Gasteiger partial charge in [0.05, 0.1) is 0 Å². The summed E-state index contributed by atoms with van der Waals surface area (Å²) in [6.45, 7) is 6.19. The van der Waals surface area contributed by atoms with Gasteiger partial charge in [0.15, 0.2) is 0 Å². The Morgan fingerprint density at radius 3 is 2.39 bits per heavy atom. The SMILES string of the molecule is CNC1C(N(C)CC2CCCC2)CCCC1(C)C. The molecular weight excluding hydrogens is 220 g/mol. The van der Waals surface area contributed by atoms with Gasteiger partial charge in [0.2, 0.25) is 0 Å². The van der Waals surface area contributed by atoms with Crippen LogP contribution in [0.25, 0.3) is 0 Å². The molecule has 2 aliphatic rings. The van der Waals surface area contributed by atoms with Gasteiger partial charge in [-0.05, 0) is 51.1 Å². The van der Waals surface area contributed by atoms with Gasteiger partial charge in [-0.2, -0.15) is 0 Å². The summed E-state index contributed by atoms with van der Waals surface area (Å²) in [4.78, 5) is 2.66. The minimum Gasteiger partial charge on any atom is -0.315 e. The Morgan fingerprint density at radius 1 is 1.11 bits per heavy atom. The second-order valence-electron chi connectivity index (χ2n) is 7.30. The highest BCUT2D eigenvalue weighted by Crippen LogP contribution is 2.38. The van der Waals surface area contributed by atoms with Crippen molar-refractivity contribution in [2.75, 3.05) is 20.6 Å². The minimum absolute atomic E-state index is 0.446. The molecule has 2 nitrogen and oxygen atoms in total. The van der Waals surface area contributed by atoms with E-state index in [-0.39, 0.29) is 0 Å². The lowest BCUT2D eigenvalue weighted by Crippen LogP contribution is -2.57. The first-order chi connectivity index (χ1) is 8.54. The van der Waals surface area contributed by atoms with Crippen molar-refractivity contribution < 1.29 is 0 Å². The second kappa shape index (κ2) is 5.92. The average molecular weight is 252 g/mol. The second-order valence-corrected chi connectivity index (χ2v) is 7.30. The molecule has 0 aromatic carbocycles. The molecular formula is C16H32N2. The standard InChI is InChI=1S/C16H32N2/c1-16(2)11-7-10-14(15(16)17-3)18(4)12-13-8-5-6-9-13/h13-15,17H,5-12H2,1-4H3. The highest BCUT2D eigenvalue weighted by Gasteiger charge is 2.40. The Balaban J connectivity index is 1.96. The third-order valence-electron chi connectivity index (χ3n) is 5.45. The summed E-state index contributed by atoms with van der Waals surface area (Å²) in [5.41, 5.74) is 0.446. The lowest BCUT2D eigenvalue weighted by Gasteiger charge is -2.47. The molecule has 2 fully saturated rings. The van der Waals surface area contributed by atoms with Crippen LogP contribution in [0.3, 0.4) is 0 Å². The third kappa shape index (κ3) is 3.08. The summed E-state index contributed by atoms with van der Waals surface area (Å²) >= 11 is 0. The molecule has 2 heteroatoms. The van der Waals surface area contributed by atoms with Crippen molar-refractivity contribution in [2.45, 2.75) is 70.9 Å². The molecule has 0 spiro atoms. The Kier molecular flexibility index (Phi) is 4.71. The quantitative estimate of drug-likeness (QED) is 0.826. The first-order valence-corrected chi connectivity index (χ1v) is 7.92. The van der Waals surface area contributed by atoms with E-state index >= 15 is 0 Å².